The number of para-hydroxylation sites is 1. The van der Waals surface area contributed by atoms with Crippen LogP contribution in [0.15, 0.2) is 41.3 Å². The maximum absolute atomic E-state index is 12.1. The van der Waals surface area contributed by atoms with Gasteiger partial charge in [0.2, 0.25) is 0 Å². The molecule has 0 fully saturated rings. The number of halogens is 2. The van der Waals surface area contributed by atoms with Gasteiger partial charge in [-0.3, -0.25) is 4.72 Å². The van der Waals surface area contributed by atoms with E-state index in [9.17, 15) is 8.42 Å². The molecular weight excluding hydrogens is 359 g/mol. The van der Waals surface area contributed by atoms with Gasteiger partial charge in [-0.15, -0.1) is 11.3 Å². The smallest absolute Gasteiger partial charge is 0.266 e. The third-order valence-electron chi connectivity index (χ3n) is 2.17. The van der Waals surface area contributed by atoms with Gasteiger partial charge in [0.05, 0.1) is 4.34 Å². The predicted octanol–water partition coefficient (Wildman–Crippen LogP) is 3.73. The third kappa shape index (κ3) is 3.83. The molecule has 0 aliphatic carbocycles. The summed E-state index contributed by atoms with van der Waals surface area (Å²) in [7, 11) is -3.85. The van der Waals surface area contributed by atoms with E-state index in [0.29, 0.717) is 5.69 Å². The molecule has 1 aromatic heterocycles. The Kier molecular flexibility index (Phi) is 4.87. The molecule has 0 saturated carbocycles. The maximum atomic E-state index is 12.1. The first kappa shape index (κ1) is 15.5. The molecule has 2 rings (SSSR count). The summed E-state index contributed by atoms with van der Waals surface area (Å²) in [6, 6.07) is 10.2. The van der Waals surface area contributed by atoms with Crippen LogP contribution < -0.4 is 10.0 Å². The normalized spacial score (nSPS) is 11.1. The summed E-state index contributed by atoms with van der Waals surface area (Å²) in [6.45, 7) is 0. The molecule has 0 aliphatic rings. The molecule has 0 radical (unpaired) electrons. The fourth-order valence-electron chi connectivity index (χ4n) is 1.36. The molecule has 106 valence electrons. The first-order chi connectivity index (χ1) is 9.38. The van der Waals surface area contributed by atoms with Gasteiger partial charge in [0.25, 0.3) is 10.0 Å². The zero-order valence-corrected chi connectivity index (χ0v) is 13.7. The van der Waals surface area contributed by atoms with E-state index in [-0.39, 0.29) is 18.7 Å². The monoisotopic (exact) mass is 366 g/mol. The largest absolute Gasteiger partial charge is 0.332 e. The van der Waals surface area contributed by atoms with Crippen LogP contribution in [0, 0.1) is 0 Å². The highest BCUT2D eigenvalue weighted by atomic mass is 35.5. The Morgan fingerprint density at radius 3 is 2.40 bits per heavy atom. The van der Waals surface area contributed by atoms with Crippen molar-refractivity contribution in [3.8, 4) is 0 Å². The Morgan fingerprint density at radius 2 is 1.85 bits per heavy atom. The van der Waals surface area contributed by atoms with Crippen LogP contribution in [-0.4, -0.2) is 13.5 Å². The lowest BCUT2D eigenvalue weighted by molar-refractivity contribution is 0.593. The molecule has 4 nitrogen and oxygen atoms in total. The molecule has 0 atom stereocenters. The molecule has 1 aromatic carbocycles. The fraction of sp³-hybridized carbons (Fsp3) is 0. The van der Waals surface area contributed by atoms with Crippen LogP contribution in [0.3, 0.4) is 0 Å². The van der Waals surface area contributed by atoms with E-state index in [0.717, 1.165) is 11.3 Å². The van der Waals surface area contributed by atoms with Crippen molar-refractivity contribution in [2.75, 3.05) is 5.32 Å². The summed E-state index contributed by atoms with van der Waals surface area (Å²) in [5.41, 5.74) is 0.676. The van der Waals surface area contributed by atoms with Crippen LogP contribution in [0.2, 0.25) is 8.67 Å². The van der Waals surface area contributed by atoms with E-state index in [1.807, 2.05) is 6.07 Å². The van der Waals surface area contributed by atoms with Crippen molar-refractivity contribution in [3.05, 3.63) is 45.1 Å². The Morgan fingerprint density at radius 1 is 1.20 bits per heavy atom. The highest BCUT2D eigenvalue weighted by Gasteiger charge is 2.22. The molecule has 0 unspecified atom stereocenters. The van der Waals surface area contributed by atoms with Gasteiger partial charge < -0.3 is 5.32 Å². The SMILES string of the molecule is O=S(=O)(NC(=S)Nc1ccccc1)c1cc(Cl)sc1Cl. The first-order valence-corrected chi connectivity index (χ1v) is 8.68. The van der Waals surface area contributed by atoms with Gasteiger partial charge in [0.15, 0.2) is 5.11 Å². The molecule has 0 spiro atoms. The molecule has 0 bridgehead atoms. The summed E-state index contributed by atoms with van der Waals surface area (Å²) in [5, 5.41) is 2.72. The second-order valence-electron chi connectivity index (χ2n) is 3.61. The summed E-state index contributed by atoms with van der Waals surface area (Å²) >= 11 is 17.5. The Hall–Kier alpha value is -0.860. The van der Waals surface area contributed by atoms with Crippen LogP contribution in [0.4, 0.5) is 5.69 Å². The zero-order chi connectivity index (χ0) is 14.8. The van der Waals surface area contributed by atoms with Gasteiger partial charge in [-0.25, -0.2) is 8.42 Å². The van der Waals surface area contributed by atoms with Crippen LogP contribution in [0.25, 0.3) is 0 Å². The van der Waals surface area contributed by atoms with Crippen LogP contribution in [-0.2, 0) is 10.0 Å². The van der Waals surface area contributed by atoms with Gasteiger partial charge in [0, 0.05) is 5.69 Å². The van der Waals surface area contributed by atoms with E-state index < -0.39 is 10.0 Å². The average molecular weight is 367 g/mol. The predicted molar refractivity (Wildman–Crippen MR) is 87.3 cm³/mol. The Balaban J connectivity index is 2.13. The molecule has 2 aromatic rings. The molecule has 0 aliphatic heterocycles. The number of anilines is 1. The Labute approximate surface area is 135 Å². The van der Waals surface area contributed by atoms with E-state index in [1.165, 1.54) is 6.07 Å². The van der Waals surface area contributed by atoms with Crippen molar-refractivity contribution >= 4 is 67.6 Å². The van der Waals surface area contributed by atoms with Crippen molar-refractivity contribution in [2.45, 2.75) is 4.90 Å². The van der Waals surface area contributed by atoms with Crippen molar-refractivity contribution in [3.63, 3.8) is 0 Å². The first-order valence-electron chi connectivity index (χ1n) is 5.22. The van der Waals surface area contributed by atoms with Crippen LogP contribution in [0.1, 0.15) is 0 Å². The average Bonchev–Trinajstić information content (AvgIpc) is 2.69. The lowest BCUT2D eigenvalue weighted by Crippen LogP contribution is -2.34. The van der Waals surface area contributed by atoms with Gasteiger partial charge in [0.1, 0.15) is 9.23 Å². The molecule has 0 amide bonds. The van der Waals surface area contributed by atoms with E-state index in [4.69, 9.17) is 35.4 Å². The Bertz CT molecular complexity index is 729. The fourth-order valence-corrected chi connectivity index (χ4v) is 4.87. The van der Waals surface area contributed by atoms with Crippen molar-refractivity contribution in [1.82, 2.24) is 4.72 Å². The second-order valence-corrected chi connectivity index (χ2v) is 7.96. The number of hydrogen-bond donors (Lipinski definition) is 2. The van der Waals surface area contributed by atoms with E-state index in [1.54, 1.807) is 24.3 Å². The van der Waals surface area contributed by atoms with Gasteiger partial charge in [-0.2, -0.15) is 0 Å². The third-order valence-corrected chi connectivity index (χ3v) is 5.61. The van der Waals surface area contributed by atoms with Gasteiger partial charge >= 0.3 is 0 Å². The van der Waals surface area contributed by atoms with E-state index in [2.05, 4.69) is 10.0 Å². The van der Waals surface area contributed by atoms with Crippen molar-refractivity contribution < 1.29 is 8.42 Å². The number of nitrogens with one attached hydrogen (secondary N) is 2. The molecule has 20 heavy (non-hydrogen) atoms. The zero-order valence-electron chi connectivity index (χ0n) is 9.76. The number of hydrogen-bond acceptors (Lipinski definition) is 4. The highest BCUT2D eigenvalue weighted by Crippen LogP contribution is 2.34. The molecular formula is C11H8Cl2N2O2S3. The molecule has 1 heterocycles. The quantitative estimate of drug-likeness (QED) is 0.812. The topological polar surface area (TPSA) is 58.2 Å². The summed E-state index contributed by atoms with van der Waals surface area (Å²) in [5.74, 6) is 0. The molecule has 0 saturated heterocycles. The summed E-state index contributed by atoms with van der Waals surface area (Å²) in [4.78, 5) is -0.0913. The number of thiocarbonyl (C=S) groups is 1. The van der Waals surface area contributed by atoms with Crippen LogP contribution in [0.5, 0.6) is 0 Å². The minimum atomic E-state index is -3.85. The number of rotatable bonds is 3. The molecule has 9 heteroatoms. The number of benzene rings is 1. The lowest BCUT2D eigenvalue weighted by Gasteiger charge is -2.10. The number of sulfonamides is 1. The summed E-state index contributed by atoms with van der Waals surface area (Å²) in [6.07, 6.45) is 0. The van der Waals surface area contributed by atoms with Crippen LogP contribution >= 0.6 is 46.8 Å². The highest BCUT2D eigenvalue weighted by molar-refractivity contribution is 7.92. The van der Waals surface area contributed by atoms with Crippen molar-refractivity contribution in [1.29, 1.82) is 0 Å². The van der Waals surface area contributed by atoms with E-state index >= 15 is 0 Å². The minimum absolute atomic E-state index is 0.0467. The summed E-state index contributed by atoms with van der Waals surface area (Å²) < 4.78 is 26.8. The standard InChI is InChI=1S/C11H8Cl2N2O2S3/c12-9-6-8(10(13)19-9)20(16,17)15-11(18)14-7-4-2-1-3-5-7/h1-6H,(H2,14,15,18). The molecule has 2 N–H and O–H groups in total. The number of thiophene rings is 1. The van der Waals surface area contributed by atoms with Gasteiger partial charge in [-0.05, 0) is 30.4 Å². The maximum Gasteiger partial charge on any atom is 0.266 e. The lowest BCUT2D eigenvalue weighted by atomic mass is 10.3. The second kappa shape index (κ2) is 6.28. The minimum Gasteiger partial charge on any atom is -0.332 e. The van der Waals surface area contributed by atoms with Gasteiger partial charge in [-0.1, -0.05) is 41.4 Å². The van der Waals surface area contributed by atoms with Crippen molar-refractivity contribution in [2.24, 2.45) is 0 Å².